The fourth-order valence-corrected chi connectivity index (χ4v) is 4.26. The molecule has 26 heavy (non-hydrogen) atoms. The van der Waals surface area contributed by atoms with E-state index < -0.39 is 0 Å². The summed E-state index contributed by atoms with van der Waals surface area (Å²) in [6, 6.07) is 10.1. The number of hydrogen-bond acceptors (Lipinski definition) is 3. The number of hydrogen-bond donors (Lipinski definition) is 1. The van der Waals surface area contributed by atoms with Crippen LogP contribution in [0, 0.1) is 0 Å². The molecule has 0 spiro atoms. The molecule has 0 amide bonds. The topological polar surface area (TPSA) is 30.5 Å². The molecule has 0 radical (unpaired) electrons. The molecular formula is C20H22BrCl2NO2. The molecule has 0 aromatic heterocycles. The Morgan fingerprint density at radius 3 is 2.62 bits per heavy atom. The Hall–Kier alpha value is -0.940. The molecule has 1 saturated carbocycles. The van der Waals surface area contributed by atoms with E-state index in [2.05, 4.69) is 27.3 Å². The maximum Gasteiger partial charge on any atom is 0.175 e. The molecule has 1 aliphatic rings. The summed E-state index contributed by atoms with van der Waals surface area (Å²) in [4.78, 5) is 0. The van der Waals surface area contributed by atoms with Crippen LogP contribution in [0.4, 0.5) is 0 Å². The lowest BCUT2D eigenvalue weighted by Crippen LogP contribution is -2.25. The molecule has 0 atom stereocenters. The zero-order chi connectivity index (χ0) is 18.5. The van der Waals surface area contributed by atoms with Crippen molar-refractivity contribution in [2.24, 2.45) is 0 Å². The van der Waals surface area contributed by atoms with Gasteiger partial charge in [0.15, 0.2) is 11.5 Å². The van der Waals surface area contributed by atoms with Gasteiger partial charge in [-0.1, -0.05) is 42.1 Å². The monoisotopic (exact) mass is 457 g/mol. The van der Waals surface area contributed by atoms with E-state index in [1.165, 1.54) is 25.7 Å². The van der Waals surface area contributed by atoms with Crippen molar-refractivity contribution in [1.82, 2.24) is 5.32 Å². The summed E-state index contributed by atoms with van der Waals surface area (Å²) in [5.41, 5.74) is 2.04. The third kappa shape index (κ3) is 5.07. The minimum atomic E-state index is 0.338. The zero-order valence-electron chi connectivity index (χ0n) is 14.7. The average Bonchev–Trinajstić information content (AvgIpc) is 3.13. The third-order valence-electron chi connectivity index (χ3n) is 4.63. The van der Waals surface area contributed by atoms with Gasteiger partial charge in [0.2, 0.25) is 0 Å². The molecule has 1 N–H and O–H groups in total. The van der Waals surface area contributed by atoms with Crippen LogP contribution in [0.15, 0.2) is 34.8 Å². The number of ether oxygens (including phenoxy) is 2. The van der Waals surface area contributed by atoms with Gasteiger partial charge in [-0.05, 0) is 58.6 Å². The van der Waals surface area contributed by atoms with Gasteiger partial charge in [-0.15, -0.1) is 0 Å². The van der Waals surface area contributed by atoms with Crippen LogP contribution >= 0.6 is 39.1 Å². The lowest BCUT2D eigenvalue weighted by Gasteiger charge is -2.16. The van der Waals surface area contributed by atoms with Gasteiger partial charge in [0.1, 0.15) is 6.61 Å². The van der Waals surface area contributed by atoms with Crippen LogP contribution in [-0.4, -0.2) is 13.2 Å². The average molecular weight is 459 g/mol. The highest BCUT2D eigenvalue weighted by Gasteiger charge is 2.16. The molecule has 1 aliphatic carbocycles. The number of rotatable bonds is 7. The van der Waals surface area contributed by atoms with Crippen molar-refractivity contribution in [3.8, 4) is 11.5 Å². The van der Waals surface area contributed by atoms with Crippen molar-refractivity contribution in [2.75, 3.05) is 7.11 Å². The summed E-state index contributed by atoms with van der Waals surface area (Å²) in [6.07, 6.45) is 5.18. The van der Waals surface area contributed by atoms with Crippen molar-refractivity contribution in [1.29, 1.82) is 0 Å². The van der Waals surface area contributed by atoms with Crippen LogP contribution in [0.5, 0.6) is 11.5 Å². The van der Waals surface area contributed by atoms with Gasteiger partial charge >= 0.3 is 0 Å². The first-order chi connectivity index (χ1) is 12.6. The Labute approximate surface area is 173 Å². The van der Waals surface area contributed by atoms with E-state index in [-0.39, 0.29) is 0 Å². The number of nitrogens with one attached hydrogen (secondary N) is 1. The molecule has 0 bridgehead atoms. The quantitative estimate of drug-likeness (QED) is 0.522. The predicted molar refractivity (Wildman–Crippen MR) is 111 cm³/mol. The molecule has 140 valence electrons. The van der Waals surface area contributed by atoms with Gasteiger partial charge in [0, 0.05) is 28.2 Å². The summed E-state index contributed by atoms with van der Waals surface area (Å²) >= 11 is 15.8. The van der Waals surface area contributed by atoms with Gasteiger partial charge in [0.25, 0.3) is 0 Å². The Balaban J connectivity index is 1.69. The summed E-state index contributed by atoms with van der Waals surface area (Å²) < 4.78 is 12.4. The fraction of sp³-hybridized carbons (Fsp3) is 0.400. The molecule has 2 aromatic carbocycles. The van der Waals surface area contributed by atoms with Crippen LogP contribution in [0.1, 0.15) is 36.8 Å². The Bertz CT molecular complexity index is 764. The summed E-state index contributed by atoms with van der Waals surface area (Å²) in [6.45, 7) is 1.16. The van der Waals surface area contributed by atoms with E-state index in [0.717, 1.165) is 22.1 Å². The number of halogens is 3. The maximum atomic E-state index is 6.22. The van der Waals surface area contributed by atoms with Crippen LogP contribution < -0.4 is 14.8 Å². The van der Waals surface area contributed by atoms with Gasteiger partial charge < -0.3 is 14.8 Å². The first-order valence-corrected chi connectivity index (χ1v) is 10.3. The van der Waals surface area contributed by atoms with E-state index in [1.54, 1.807) is 19.2 Å². The van der Waals surface area contributed by atoms with E-state index in [9.17, 15) is 0 Å². The van der Waals surface area contributed by atoms with Gasteiger partial charge in [-0.2, -0.15) is 0 Å². The highest BCUT2D eigenvalue weighted by Crippen LogP contribution is 2.37. The minimum Gasteiger partial charge on any atom is -0.493 e. The zero-order valence-corrected chi connectivity index (χ0v) is 17.8. The van der Waals surface area contributed by atoms with Gasteiger partial charge in [-0.3, -0.25) is 0 Å². The van der Waals surface area contributed by atoms with Crippen LogP contribution in [-0.2, 0) is 13.2 Å². The second-order valence-electron chi connectivity index (χ2n) is 6.50. The van der Waals surface area contributed by atoms with Crippen LogP contribution in [0.2, 0.25) is 10.0 Å². The van der Waals surface area contributed by atoms with Crippen molar-refractivity contribution >= 4 is 39.1 Å². The Morgan fingerprint density at radius 2 is 1.92 bits per heavy atom. The van der Waals surface area contributed by atoms with E-state index in [1.807, 2.05) is 12.1 Å². The molecule has 0 aliphatic heterocycles. The SMILES string of the molecule is COc1cc(CNC2CCCC2)cc(Br)c1OCc1ccc(Cl)cc1Cl. The number of benzene rings is 2. The Kier molecular flexibility index (Phi) is 7.10. The molecule has 3 rings (SSSR count). The first kappa shape index (κ1) is 19.8. The lowest BCUT2D eigenvalue weighted by molar-refractivity contribution is 0.282. The maximum absolute atomic E-state index is 6.22. The smallest absolute Gasteiger partial charge is 0.175 e. The molecule has 2 aromatic rings. The lowest BCUT2D eigenvalue weighted by atomic mass is 10.1. The second-order valence-corrected chi connectivity index (χ2v) is 8.19. The second kappa shape index (κ2) is 9.32. The van der Waals surface area contributed by atoms with Crippen molar-refractivity contribution < 1.29 is 9.47 Å². The van der Waals surface area contributed by atoms with E-state index in [0.29, 0.717) is 34.2 Å². The van der Waals surface area contributed by atoms with Crippen LogP contribution in [0.3, 0.4) is 0 Å². The highest BCUT2D eigenvalue weighted by molar-refractivity contribution is 9.10. The van der Waals surface area contributed by atoms with E-state index >= 15 is 0 Å². The Morgan fingerprint density at radius 1 is 1.15 bits per heavy atom. The standard InChI is InChI=1S/C20H22BrCl2NO2/c1-25-19-9-13(11-24-16-4-2-3-5-16)8-17(21)20(19)26-12-14-6-7-15(22)10-18(14)23/h6-10,16,24H,2-5,11-12H2,1H3. The molecule has 0 unspecified atom stereocenters. The molecule has 1 fully saturated rings. The molecule has 0 heterocycles. The van der Waals surface area contributed by atoms with Crippen molar-refractivity contribution in [3.63, 3.8) is 0 Å². The van der Waals surface area contributed by atoms with Gasteiger partial charge in [0.05, 0.1) is 11.6 Å². The normalized spacial score (nSPS) is 14.6. The third-order valence-corrected chi connectivity index (χ3v) is 5.80. The summed E-state index contributed by atoms with van der Waals surface area (Å²) in [5, 5.41) is 4.82. The fourth-order valence-electron chi connectivity index (χ4n) is 3.20. The van der Waals surface area contributed by atoms with Crippen LogP contribution in [0.25, 0.3) is 0 Å². The minimum absolute atomic E-state index is 0.338. The first-order valence-electron chi connectivity index (χ1n) is 8.73. The predicted octanol–water partition coefficient (Wildman–Crippen LogP) is 6.38. The van der Waals surface area contributed by atoms with E-state index in [4.69, 9.17) is 32.7 Å². The molecule has 3 nitrogen and oxygen atoms in total. The van der Waals surface area contributed by atoms with Gasteiger partial charge in [-0.25, -0.2) is 0 Å². The summed E-state index contributed by atoms with van der Waals surface area (Å²) in [5.74, 6) is 1.37. The molecule has 6 heteroatoms. The highest BCUT2D eigenvalue weighted by atomic mass is 79.9. The van der Waals surface area contributed by atoms with Crippen molar-refractivity contribution in [3.05, 3.63) is 56.0 Å². The van der Waals surface area contributed by atoms with Crippen molar-refractivity contribution in [2.45, 2.75) is 44.9 Å². The summed E-state index contributed by atoms with van der Waals surface area (Å²) in [7, 11) is 1.65. The largest absolute Gasteiger partial charge is 0.493 e. The molecular weight excluding hydrogens is 437 g/mol. The number of methoxy groups -OCH3 is 1. The molecule has 0 saturated heterocycles.